The van der Waals surface area contributed by atoms with E-state index in [1.54, 1.807) is 36.4 Å². The number of hydrogen-bond donors (Lipinski definition) is 1. The van der Waals surface area contributed by atoms with E-state index in [1.807, 2.05) is 36.4 Å². The number of fused-ring (bicyclic) bond motifs is 1. The van der Waals surface area contributed by atoms with Gasteiger partial charge in [-0.2, -0.15) is 5.10 Å². The third kappa shape index (κ3) is 4.64. The van der Waals surface area contributed by atoms with E-state index in [-0.39, 0.29) is 5.56 Å². The summed E-state index contributed by atoms with van der Waals surface area (Å²) in [5.74, 6) is -1.33. The second-order valence-electron chi connectivity index (χ2n) is 6.66. The molecule has 0 saturated heterocycles. The number of amides is 1. The van der Waals surface area contributed by atoms with E-state index in [0.717, 1.165) is 10.8 Å². The molecular weight excluding hydrogens is 395 g/mol. The predicted molar refractivity (Wildman–Crippen MR) is 117 cm³/mol. The second kappa shape index (κ2) is 9.00. The van der Waals surface area contributed by atoms with Crippen LogP contribution in [0.3, 0.4) is 0 Å². The highest BCUT2D eigenvalue weighted by atomic mass is 19.1. The normalized spacial score (nSPS) is 10.9. The molecule has 0 unspecified atom stereocenters. The molecule has 31 heavy (non-hydrogen) atoms. The molecule has 0 spiro atoms. The van der Waals surface area contributed by atoms with Gasteiger partial charge in [-0.05, 0) is 58.8 Å². The minimum Gasteiger partial charge on any atom is -0.423 e. The molecule has 0 saturated carbocycles. The lowest BCUT2D eigenvalue weighted by atomic mass is 10.0. The minimum atomic E-state index is -0.644. The smallest absolute Gasteiger partial charge is 0.344 e. The van der Waals surface area contributed by atoms with Gasteiger partial charge in [0, 0.05) is 0 Å². The van der Waals surface area contributed by atoms with Gasteiger partial charge < -0.3 is 4.74 Å². The zero-order chi connectivity index (χ0) is 21.6. The Morgan fingerprint density at radius 1 is 0.806 bits per heavy atom. The zero-order valence-corrected chi connectivity index (χ0v) is 16.3. The van der Waals surface area contributed by atoms with Crippen molar-refractivity contribution in [1.82, 2.24) is 5.43 Å². The quantitative estimate of drug-likeness (QED) is 0.218. The van der Waals surface area contributed by atoms with Crippen LogP contribution in [0, 0.1) is 5.82 Å². The van der Waals surface area contributed by atoms with Crippen molar-refractivity contribution in [3.8, 4) is 5.75 Å². The molecule has 0 fully saturated rings. The van der Waals surface area contributed by atoms with E-state index < -0.39 is 17.7 Å². The summed E-state index contributed by atoms with van der Waals surface area (Å²) in [5, 5.41) is 5.62. The number of hydrogen-bond acceptors (Lipinski definition) is 4. The summed E-state index contributed by atoms with van der Waals surface area (Å²) in [5.41, 5.74) is 3.34. The molecule has 0 atom stereocenters. The van der Waals surface area contributed by atoms with Crippen LogP contribution in [0.1, 0.15) is 26.3 Å². The molecule has 5 nitrogen and oxygen atoms in total. The highest BCUT2D eigenvalue weighted by Crippen LogP contribution is 2.21. The molecule has 0 aliphatic carbocycles. The minimum absolute atomic E-state index is 0.0876. The van der Waals surface area contributed by atoms with Crippen molar-refractivity contribution >= 4 is 28.9 Å². The van der Waals surface area contributed by atoms with E-state index in [2.05, 4.69) is 10.5 Å². The molecule has 0 aromatic heterocycles. The van der Waals surface area contributed by atoms with Crippen LogP contribution in [0.2, 0.25) is 0 Å². The summed E-state index contributed by atoms with van der Waals surface area (Å²) in [6.45, 7) is 0. The van der Waals surface area contributed by atoms with Crippen LogP contribution in [-0.4, -0.2) is 18.1 Å². The molecule has 0 aliphatic rings. The monoisotopic (exact) mass is 412 g/mol. The maximum absolute atomic E-state index is 13.6. The van der Waals surface area contributed by atoms with Gasteiger partial charge in [-0.25, -0.2) is 14.6 Å². The summed E-state index contributed by atoms with van der Waals surface area (Å²) < 4.78 is 19.1. The van der Waals surface area contributed by atoms with Crippen LogP contribution in [0.4, 0.5) is 4.39 Å². The predicted octanol–water partition coefficient (Wildman–Crippen LogP) is 4.96. The Balaban J connectivity index is 1.40. The summed E-state index contributed by atoms with van der Waals surface area (Å²) >= 11 is 0. The number of nitrogens with one attached hydrogen (secondary N) is 1. The first kappa shape index (κ1) is 20.0. The van der Waals surface area contributed by atoms with Gasteiger partial charge in [-0.1, -0.05) is 48.5 Å². The highest BCUT2D eigenvalue weighted by molar-refractivity contribution is 6.05. The van der Waals surface area contributed by atoms with Gasteiger partial charge in [-0.15, -0.1) is 0 Å². The van der Waals surface area contributed by atoms with E-state index in [1.165, 1.54) is 24.4 Å². The number of nitrogens with zero attached hydrogens (tertiary/aromatic N) is 1. The van der Waals surface area contributed by atoms with Crippen LogP contribution in [0.25, 0.3) is 10.8 Å². The van der Waals surface area contributed by atoms with Crippen LogP contribution < -0.4 is 10.2 Å². The fraction of sp³-hybridized carbons (Fsp3) is 0. The van der Waals surface area contributed by atoms with Gasteiger partial charge in [0.25, 0.3) is 5.91 Å². The number of halogens is 1. The van der Waals surface area contributed by atoms with Crippen molar-refractivity contribution in [3.05, 3.63) is 114 Å². The average Bonchev–Trinajstić information content (AvgIpc) is 2.80. The van der Waals surface area contributed by atoms with E-state index in [0.29, 0.717) is 16.9 Å². The van der Waals surface area contributed by atoms with E-state index in [4.69, 9.17) is 4.74 Å². The zero-order valence-electron chi connectivity index (χ0n) is 16.3. The van der Waals surface area contributed by atoms with Gasteiger partial charge in [0.15, 0.2) is 0 Å². The maximum Gasteiger partial charge on any atom is 0.344 e. The molecule has 4 aromatic carbocycles. The Labute approximate surface area is 177 Å². The molecule has 0 heterocycles. The molecule has 0 radical (unpaired) electrons. The van der Waals surface area contributed by atoms with Gasteiger partial charge >= 0.3 is 5.97 Å². The summed E-state index contributed by atoms with van der Waals surface area (Å²) in [4.78, 5) is 24.5. The number of esters is 1. The Morgan fingerprint density at radius 2 is 1.48 bits per heavy atom. The fourth-order valence-electron chi connectivity index (χ4n) is 3.06. The Kier molecular flexibility index (Phi) is 5.80. The number of hydrazone groups is 1. The first-order valence-corrected chi connectivity index (χ1v) is 9.50. The molecule has 152 valence electrons. The van der Waals surface area contributed by atoms with Crippen molar-refractivity contribution in [2.45, 2.75) is 0 Å². The van der Waals surface area contributed by atoms with Gasteiger partial charge in [-0.3, -0.25) is 4.79 Å². The summed E-state index contributed by atoms with van der Waals surface area (Å²) in [6.07, 6.45) is 1.41. The lowest BCUT2D eigenvalue weighted by Gasteiger charge is -2.07. The van der Waals surface area contributed by atoms with Gasteiger partial charge in [0.05, 0.1) is 17.3 Å². The lowest BCUT2D eigenvalue weighted by molar-refractivity contribution is 0.0736. The Hall–Kier alpha value is -4.32. The molecule has 0 bridgehead atoms. The van der Waals surface area contributed by atoms with Crippen molar-refractivity contribution in [2.75, 3.05) is 0 Å². The number of carbonyl (C=O) groups is 2. The van der Waals surface area contributed by atoms with Crippen LogP contribution >= 0.6 is 0 Å². The van der Waals surface area contributed by atoms with E-state index >= 15 is 0 Å². The fourth-order valence-corrected chi connectivity index (χ4v) is 3.06. The van der Waals surface area contributed by atoms with Crippen molar-refractivity contribution < 1.29 is 18.7 Å². The topological polar surface area (TPSA) is 67.8 Å². The van der Waals surface area contributed by atoms with Gasteiger partial charge in [0.2, 0.25) is 0 Å². The number of carbonyl (C=O) groups excluding carboxylic acids is 2. The van der Waals surface area contributed by atoms with Crippen molar-refractivity contribution in [1.29, 1.82) is 0 Å². The molecule has 1 amide bonds. The Morgan fingerprint density at radius 3 is 2.29 bits per heavy atom. The number of ether oxygens (including phenoxy) is 1. The van der Waals surface area contributed by atoms with Crippen LogP contribution in [-0.2, 0) is 0 Å². The highest BCUT2D eigenvalue weighted by Gasteiger charge is 2.12. The SMILES string of the molecule is O=C(N/N=C\c1ccc(OC(=O)c2cccc3ccccc23)cc1)c1ccccc1F. The van der Waals surface area contributed by atoms with Crippen molar-refractivity contribution in [2.24, 2.45) is 5.10 Å². The van der Waals surface area contributed by atoms with Crippen LogP contribution in [0.5, 0.6) is 5.75 Å². The molecule has 4 aromatic rings. The largest absolute Gasteiger partial charge is 0.423 e. The average molecular weight is 412 g/mol. The second-order valence-corrected chi connectivity index (χ2v) is 6.66. The lowest BCUT2D eigenvalue weighted by Crippen LogP contribution is -2.18. The standard InChI is InChI=1S/C25H17FN2O3/c26-23-11-4-3-9-22(23)24(29)28-27-16-17-12-14-19(15-13-17)31-25(30)21-10-5-7-18-6-1-2-8-20(18)21/h1-16H,(H,28,29)/b27-16-. The number of rotatable bonds is 5. The van der Waals surface area contributed by atoms with Crippen LogP contribution in [0.15, 0.2) is 96.1 Å². The van der Waals surface area contributed by atoms with Gasteiger partial charge in [0.1, 0.15) is 11.6 Å². The third-order valence-electron chi connectivity index (χ3n) is 4.60. The van der Waals surface area contributed by atoms with E-state index in [9.17, 15) is 14.0 Å². The van der Waals surface area contributed by atoms with Crippen molar-refractivity contribution in [3.63, 3.8) is 0 Å². The molecular formula is C25H17FN2O3. The molecule has 0 aliphatic heterocycles. The first-order chi connectivity index (χ1) is 15.1. The third-order valence-corrected chi connectivity index (χ3v) is 4.60. The maximum atomic E-state index is 13.6. The molecule has 1 N–H and O–H groups in total. The summed E-state index contributed by atoms with van der Waals surface area (Å²) in [7, 11) is 0. The Bertz CT molecular complexity index is 1280. The molecule has 4 rings (SSSR count). The molecule has 6 heteroatoms. The summed E-state index contributed by atoms with van der Waals surface area (Å²) in [6, 6.07) is 25.4. The number of benzene rings is 4. The first-order valence-electron chi connectivity index (χ1n) is 9.50.